The van der Waals surface area contributed by atoms with Gasteiger partial charge in [0.05, 0.1) is 19.8 Å². The van der Waals surface area contributed by atoms with Crippen LogP contribution in [0, 0.1) is 0 Å². The van der Waals surface area contributed by atoms with Crippen molar-refractivity contribution in [2.75, 3.05) is 19.8 Å². The highest BCUT2D eigenvalue weighted by molar-refractivity contribution is 5.95. The SMILES string of the molecule is O=C(NC(CO)(CO)CO)C1=CC=CC1. The zero-order valence-corrected chi connectivity index (χ0v) is 8.31. The predicted molar refractivity (Wildman–Crippen MR) is 54.0 cm³/mol. The van der Waals surface area contributed by atoms with E-state index in [1.54, 1.807) is 12.2 Å². The van der Waals surface area contributed by atoms with E-state index in [2.05, 4.69) is 5.32 Å². The van der Waals surface area contributed by atoms with Gasteiger partial charge in [-0.2, -0.15) is 0 Å². The molecule has 1 amide bonds. The molecule has 0 aromatic carbocycles. The number of nitrogens with one attached hydrogen (secondary N) is 1. The van der Waals surface area contributed by atoms with E-state index in [9.17, 15) is 4.79 Å². The fraction of sp³-hybridized carbons (Fsp3) is 0.500. The number of aliphatic hydroxyl groups is 3. The average molecular weight is 213 g/mol. The van der Waals surface area contributed by atoms with Gasteiger partial charge in [-0.15, -0.1) is 0 Å². The van der Waals surface area contributed by atoms with Crippen LogP contribution >= 0.6 is 0 Å². The number of amides is 1. The lowest BCUT2D eigenvalue weighted by molar-refractivity contribution is -0.121. The summed E-state index contributed by atoms with van der Waals surface area (Å²) in [4.78, 5) is 11.6. The Kier molecular flexibility index (Phi) is 4.02. The highest BCUT2D eigenvalue weighted by atomic mass is 16.3. The van der Waals surface area contributed by atoms with Gasteiger partial charge in [0.2, 0.25) is 5.91 Å². The van der Waals surface area contributed by atoms with E-state index >= 15 is 0 Å². The fourth-order valence-electron chi connectivity index (χ4n) is 1.21. The van der Waals surface area contributed by atoms with E-state index in [-0.39, 0.29) is 5.91 Å². The van der Waals surface area contributed by atoms with E-state index in [1.165, 1.54) is 0 Å². The van der Waals surface area contributed by atoms with Gasteiger partial charge in [-0.3, -0.25) is 4.79 Å². The summed E-state index contributed by atoms with van der Waals surface area (Å²) in [6, 6.07) is 0. The number of allylic oxidation sites excluding steroid dienone is 3. The second-order valence-electron chi connectivity index (χ2n) is 3.53. The van der Waals surface area contributed by atoms with Crippen LogP contribution in [0.1, 0.15) is 6.42 Å². The monoisotopic (exact) mass is 213 g/mol. The lowest BCUT2D eigenvalue weighted by Crippen LogP contribution is -2.57. The molecule has 1 rings (SSSR count). The number of carbonyl (C=O) groups is 1. The third kappa shape index (κ3) is 2.65. The van der Waals surface area contributed by atoms with Crippen LogP contribution in [-0.4, -0.2) is 46.6 Å². The van der Waals surface area contributed by atoms with E-state index in [1.807, 2.05) is 6.08 Å². The molecule has 0 atom stereocenters. The number of hydrogen-bond acceptors (Lipinski definition) is 4. The molecule has 5 nitrogen and oxygen atoms in total. The summed E-state index contributed by atoms with van der Waals surface area (Å²) in [6.07, 6.45) is 5.78. The second-order valence-corrected chi connectivity index (χ2v) is 3.53. The van der Waals surface area contributed by atoms with Gasteiger partial charge >= 0.3 is 0 Å². The number of aliphatic hydroxyl groups excluding tert-OH is 3. The van der Waals surface area contributed by atoms with Gasteiger partial charge in [-0.25, -0.2) is 0 Å². The summed E-state index contributed by atoms with van der Waals surface area (Å²) in [5.41, 5.74) is -0.796. The molecule has 84 valence electrons. The highest BCUT2D eigenvalue weighted by Gasteiger charge is 2.30. The molecular weight excluding hydrogens is 198 g/mol. The molecule has 0 unspecified atom stereocenters. The maximum absolute atomic E-state index is 11.6. The molecule has 0 heterocycles. The Morgan fingerprint density at radius 1 is 1.33 bits per heavy atom. The molecule has 0 aromatic heterocycles. The molecule has 0 aliphatic heterocycles. The molecule has 0 bridgehead atoms. The van der Waals surface area contributed by atoms with Crippen LogP contribution in [0.3, 0.4) is 0 Å². The Labute approximate surface area is 87.7 Å². The van der Waals surface area contributed by atoms with Crippen molar-refractivity contribution in [3.63, 3.8) is 0 Å². The molecule has 5 heteroatoms. The van der Waals surface area contributed by atoms with E-state index in [0.717, 1.165) is 0 Å². The van der Waals surface area contributed by atoms with Gasteiger partial charge in [-0.1, -0.05) is 18.2 Å². The van der Waals surface area contributed by atoms with Crippen molar-refractivity contribution in [1.29, 1.82) is 0 Å². The summed E-state index contributed by atoms with van der Waals surface area (Å²) < 4.78 is 0. The Balaban J connectivity index is 2.62. The maximum atomic E-state index is 11.6. The van der Waals surface area contributed by atoms with Crippen LogP contribution < -0.4 is 5.32 Å². The first-order valence-corrected chi connectivity index (χ1v) is 4.68. The van der Waals surface area contributed by atoms with E-state index in [0.29, 0.717) is 12.0 Å². The zero-order chi connectivity index (χ0) is 11.3. The van der Waals surface area contributed by atoms with Crippen LogP contribution in [0.4, 0.5) is 0 Å². The predicted octanol–water partition coefficient (Wildman–Crippen LogP) is -1.30. The molecule has 0 aromatic rings. The van der Waals surface area contributed by atoms with Crippen LogP contribution in [0.5, 0.6) is 0 Å². The fourth-order valence-corrected chi connectivity index (χ4v) is 1.21. The summed E-state index contributed by atoms with van der Waals surface area (Å²) in [6.45, 7) is -1.52. The standard InChI is InChI=1S/C10H15NO4/c12-5-10(6-13,7-14)11-9(15)8-3-1-2-4-8/h1-3,12-14H,4-7H2,(H,11,15). The highest BCUT2D eigenvalue weighted by Crippen LogP contribution is 2.12. The van der Waals surface area contributed by atoms with Crippen LogP contribution in [0.15, 0.2) is 23.8 Å². The van der Waals surface area contributed by atoms with Crippen molar-refractivity contribution in [1.82, 2.24) is 5.32 Å². The second kappa shape index (κ2) is 5.06. The Morgan fingerprint density at radius 3 is 2.33 bits per heavy atom. The number of hydrogen-bond donors (Lipinski definition) is 4. The largest absolute Gasteiger partial charge is 0.394 e. The van der Waals surface area contributed by atoms with Gasteiger partial charge in [0.15, 0.2) is 0 Å². The van der Waals surface area contributed by atoms with Crippen molar-refractivity contribution in [2.24, 2.45) is 0 Å². The molecule has 1 aliphatic rings. The summed E-state index contributed by atoms with van der Waals surface area (Å²) in [5, 5.41) is 29.4. The van der Waals surface area contributed by atoms with Gasteiger partial charge in [0, 0.05) is 5.57 Å². The number of rotatable bonds is 5. The van der Waals surface area contributed by atoms with Crippen molar-refractivity contribution >= 4 is 5.91 Å². The molecule has 0 spiro atoms. The van der Waals surface area contributed by atoms with Crippen molar-refractivity contribution < 1.29 is 20.1 Å². The van der Waals surface area contributed by atoms with E-state index in [4.69, 9.17) is 15.3 Å². The van der Waals surface area contributed by atoms with Gasteiger partial charge in [0.1, 0.15) is 5.54 Å². The minimum Gasteiger partial charge on any atom is -0.394 e. The molecular formula is C10H15NO4. The third-order valence-electron chi connectivity index (χ3n) is 2.35. The van der Waals surface area contributed by atoms with Crippen molar-refractivity contribution in [3.05, 3.63) is 23.8 Å². The maximum Gasteiger partial charge on any atom is 0.248 e. The zero-order valence-electron chi connectivity index (χ0n) is 8.31. The average Bonchev–Trinajstić information content (AvgIpc) is 2.79. The first-order valence-electron chi connectivity index (χ1n) is 4.68. The van der Waals surface area contributed by atoms with Gasteiger partial charge < -0.3 is 20.6 Å². The Morgan fingerprint density at radius 2 is 1.93 bits per heavy atom. The summed E-state index contributed by atoms with van der Waals surface area (Å²) >= 11 is 0. The summed E-state index contributed by atoms with van der Waals surface area (Å²) in [5.74, 6) is -0.378. The molecule has 0 fully saturated rings. The molecule has 1 aliphatic carbocycles. The third-order valence-corrected chi connectivity index (χ3v) is 2.35. The van der Waals surface area contributed by atoms with Crippen molar-refractivity contribution in [2.45, 2.75) is 12.0 Å². The molecule has 4 N–H and O–H groups in total. The van der Waals surface area contributed by atoms with Crippen LogP contribution in [-0.2, 0) is 4.79 Å². The number of carbonyl (C=O) groups excluding carboxylic acids is 1. The normalized spacial score (nSPS) is 15.3. The minimum atomic E-state index is -1.35. The lowest BCUT2D eigenvalue weighted by Gasteiger charge is -2.28. The topological polar surface area (TPSA) is 89.8 Å². The first kappa shape index (κ1) is 11.9. The van der Waals surface area contributed by atoms with Crippen LogP contribution in [0.2, 0.25) is 0 Å². The molecule has 0 radical (unpaired) electrons. The Hall–Kier alpha value is -1.17. The first-order chi connectivity index (χ1) is 7.17. The lowest BCUT2D eigenvalue weighted by atomic mass is 10.0. The Bertz CT molecular complexity index is 284. The molecule has 0 saturated carbocycles. The van der Waals surface area contributed by atoms with Gasteiger partial charge in [-0.05, 0) is 6.42 Å². The minimum absolute atomic E-state index is 0.378. The summed E-state index contributed by atoms with van der Waals surface area (Å²) in [7, 11) is 0. The smallest absolute Gasteiger partial charge is 0.248 e. The molecule has 15 heavy (non-hydrogen) atoms. The van der Waals surface area contributed by atoms with Crippen molar-refractivity contribution in [3.8, 4) is 0 Å². The van der Waals surface area contributed by atoms with Gasteiger partial charge in [0.25, 0.3) is 0 Å². The molecule has 0 saturated heterocycles. The van der Waals surface area contributed by atoms with Crippen LogP contribution in [0.25, 0.3) is 0 Å². The van der Waals surface area contributed by atoms with E-state index < -0.39 is 25.4 Å². The quantitative estimate of drug-likeness (QED) is 0.457.